The van der Waals surface area contributed by atoms with Crippen LogP contribution in [0, 0.1) is 5.41 Å². The van der Waals surface area contributed by atoms with Gasteiger partial charge in [0.1, 0.15) is 12.7 Å². The lowest BCUT2D eigenvalue weighted by molar-refractivity contribution is -0.159. The Morgan fingerprint density at radius 3 is 1.38 bits per heavy atom. The van der Waals surface area contributed by atoms with Gasteiger partial charge in [-0.05, 0) is 77.0 Å². The lowest BCUT2D eigenvalue weighted by atomic mass is 10.1. The highest BCUT2D eigenvalue weighted by atomic mass is 35.5. The van der Waals surface area contributed by atoms with E-state index < -0.39 is 6.10 Å². The predicted molar refractivity (Wildman–Crippen MR) is 216 cm³/mol. The Kier molecular flexibility index (Phi) is 41.5. The van der Waals surface area contributed by atoms with Crippen molar-refractivity contribution >= 4 is 30.3 Å². The highest BCUT2D eigenvalue weighted by molar-refractivity contribution is 5.85. The summed E-state index contributed by atoms with van der Waals surface area (Å²) in [6.07, 6.45) is 42.6. The lowest BCUT2D eigenvalue weighted by Crippen LogP contribution is -2.32. The van der Waals surface area contributed by atoms with Crippen molar-refractivity contribution in [2.45, 2.75) is 213 Å². The molecule has 0 saturated heterocycles. The molecule has 0 aromatic carbocycles. The minimum absolute atomic E-state index is 0. The topological polar surface area (TPSA) is 114 Å². The quantitative estimate of drug-likeness (QED) is 0.0193. The van der Waals surface area contributed by atoms with Crippen molar-refractivity contribution < 1.29 is 19.1 Å². The van der Waals surface area contributed by atoms with Crippen LogP contribution in [0.25, 0.3) is 0 Å². The number of halogens is 1. The van der Waals surface area contributed by atoms with E-state index in [1.165, 1.54) is 116 Å². The Labute approximate surface area is 315 Å². The van der Waals surface area contributed by atoms with Crippen LogP contribution in [0.15, 0.2) is 24.3 Å². The summed E-state index contributed by atoms with van der Waals surface area (Å²) >= 11 is 0. The molecule has 0 radical (unpaired) electrons. The number of hydrogen-bond acceptors (Lipinski definition) is 5. The number of allylic oxidation sites excluding steroid dienone is 4. The normalized spacial score (nSPS) is 11.9. The first-order chi connectivity index (χ1) is 24.0. The predicted octanol–water partition coefficient (Wildman–Crippen LogP) is 12.2. The van der Waals surface area contributed by atoms with Gasteiger partial charge in [-0.2, -0.15) is 0 Å². The summed E-state index contributed by atoms with van der Waals surface area (Å²) in [6.45, 7) is 5.12. The molecule has 0 aromatic rings. The van der Waals surface area contributed by atoms with E-state index in [-0.39, 0.29) is 36.9 Å². The third-order valence-corrected chi connectivity index (χ3v) is 9.03. The zero-order valence-electron chi connectivity index (χ0n) is 32.6. The molecular formula is C42H80ClN3O4. The van der Waals surface area contributed by atoms with E-state index >= 15 is 0 Å². The first-order valence-electron chi connectivity index (χ1n) is 20.7. The maximum atomic E-state index is 12.6. The second kappa shape index (κ2) is 41.4. The average Bonchev–Trinajstić information content (AvgIpc) is 3.08. The number of guanidine groups is 1. The third-order valence-electron chi connectivity index (χ3n) is 9.03. The second-order valence-electron chi connectivity index (χ2n) is 13.9. The molecule has 0 heterocycles. The number of unbranched alkanes of at least 4 members (excludes halogenated alkanes) is 22. The molecule has 0 aromatic heterocycles. The van der Waals surface area contributed by atoms with Crippen LogP contribution in [0.5, 0.6) is 0 Å². The van der Waals surface area contributed by atoms with Gasteiger partial charge >= 0.3 is 11.9 Å². The van der Waals surface area contributed by atoms with Crippen molar-refractivity contribution in [1.29, 1.82) is 5.41 Å². The van der Waals surface area contributed by atoms with Crippen molar-refractivity contribution in [3.05, 3.63) is 24.3 Å². The van der Waals surface area contributed by atoms with Gasteiger partial charge in [-0.25, -0.2) is 0 Å². The van der Waals surface area contributed by atoms with Crippen LogP contribution in [0.2, 0.25) is 0 Å². The van der Waals surface area contributed by atoms with Crippen molar-refractivity contribution in [2.75, 3.05) is 13.2 Å². The van der Waals surface area contributed by atoms with Gasteiger partial charge in [-0.3, -0.25) is 15.0 Å². The van der Waals surface area contributed by atoms with Crippen molar-refractivity contribution in [3.63, 3.8) is 0 Å². The van der Waals surface area contributed by atoms with Crippen molar-refractivity contribution in [1.82, 2.24) is 5.32 Å². The molecule has 0 aliphatic rings. The fraction of sp³-hybridized carbons (Fsp3) is 0.833. The number of rotatable bonds is 37. The Morgan fingerprint density at radius 1 is 0.580 bits per heavy atom. The molecule has 0 aliphatic heterocycles. The summed E-state index contributed by atoms with van der Waals surface area (Å²) in [5, 5.41) is 10.1. The number of hydrogen-bond donors (Lipinski definition) is 3. The van der Waals surface area contributed by atoms with E-state index in [0.717, 1.165) is 51.4 Å². The molecule has 0 spiro atoms. The first kappa shape index (κ1) is 50.1. The molecule has 7 nitrogen and oxygen atoms in total. The Morgan fingerprint density at radius 2 is 0.960 bits per heavy atom. The monoisotopic (exact) mass is 726 g/mol. The fourth-order valence-corrected chi connectivity index (χ4v) is 5.91. The van der Waals surface area contributed by atoms with E-state index in [2.05, 4.69) is 43.5 Å². The molecule has 4 N–H and O–H groups in total. The minimum atomic E-state index is -0.470. The highest BCUT2D eigenvalue weighted by Gasteiger charge is 2.17. The number of carbonyl (C=O) groups is 2. The molecule has 0 amide bonds. The SMILES string of the molecule is CCCCCCCC/C=C\CCCCCCCC(=O)OC[C@@H](CCCNC(=N)N)OC(=O)CCCCCCC/C=C\CCCCCCCC.Cl. The van der Waals surface area contributed by atoms with Crippen molar-refractivity contribution in [2.24, 2.45) is 5.73 Å². The molecule has 0 rings (SSSR count). The summed E-state index contributed by atoms with van der Waals surface area (Å²) < 4.78 is 11.2. The van der Waals surface area contributed by atoms with Crippen molar-refractivity contribution in [3.8, 4) is 0 Å². The molecule has 0 bridgehead atoms. The van der Waals surface area contributed by atoms with E-state index in [1.54, 1.807) is 0 Å². The van der Waals surface area contributed by atoms with Gasteiger partial charge in [0.2, 0.25) is 0 Å². The molecule has 50 heavy (non-hydrogen) atoms. The Bertz CT molecular complexity index is 821. The van der Waals surface area contributed by atoms with Gasteiger partial charge in [0.05, 0.1) is 0 Å². The molecule has 8 heteroatoms. The maximum Gasteiger partial charge on any atom is 0.306 e. The standard InChI is InChI=1S/C42H79N3O4.ClH/c1-3-5-7-9-11-13-15-17-19-21-23-25-27-29-31-35-40(46)48-38-39(34-33-37-45-42(43)44)49-41(47)36-32-30-28-26-24-22-20-18-16-14-12-10-8-6-4-2;/h17-20,39H,3-16,21-38H2,1-2H3,(H4,43,44,45);1H/b19-17-,20-18-;/t39-;/m1./s1. The second-order valence-corrected chi connectivity index (χ2v) is 13.9. The van der Waals surface area contributed by atoms with Gasteiger partial charge < -0.3 is 20.5 Å². The summed E-state index contributed by atoms with van der Waals surface area (Å²) in [6, 6.07) is 0. The number of ether oxygens (including phenoxy) is 2. The van der Waals surface area contributed by atoms with Gasteiger partial charge in [0.15, 0.2) is 5.96 Å². The fourth-order valence-electron chi connectivity index (χ4n) is 5.91. The van der Waals surface area contributed by atoms with Gasteiger partial charge in [0, 0.05) is 19.4 Å². The summed E-state index contributed by atoms with van der Waals surface area (Å²) in [5.41, 5.74) is 5.38. The number of nitrogens with two attached hydrogens (primary N) is 1. The molecule has 1 atom stereocenters. The van der Waals surface area contributed by atoms with Gasteiger partial charge in [-0.1, -0.05) is 141 Å². The first-order valence-corrected chi connectivity index (χ1v) is 20.7. The molecule has 0 saturated carbocycles. The Hall–Kier alpha value is -2.02. The van der Waals surface area contributed by atoms with Crippen LogP contribution in [0.1, 0.15) is 206 Å². The van der Waals surface area contributed by atoms with Crippen LogP contribution in [-0.4, -0.2) is 37.2 Å². The molecule has 0 aliphatic carbocycles. The largest absolute Gasteiger partial charge is 0.462 e. The summed E-state index contributed by atoms with van der Waals surface area (Å²) in [7, 11) is 0. The number of carbonyl (C=O) groups excluding carboxylic acids is 2. The van der Waals surface area contributed by atoms with Gasteiger partial charge in [-0.15, -0.1) is 12.4 Å². The number of esters is 2. The van der Waals surface area contributed by atoms with Crippen LogP contribution in [0.3, 0.4) is 0 Å². The zero-order valence-corrected chi connectivity index (χ0v) is 33.4. The molecule has 0 fully saturated rings. The summed E-state index contributed by atoms with van der Waals surface area (Å²) in [5.74, 6) is -0.530. The molecular weight excluding hydrogens is 646 g/mol. The number of nitrogens with one attached hydrogen (secondary N) is 2. The van der Waals surface area contributed by atoms with Crippen LogP contribution < -0.4 is 11.1 Å². The van der Waals surface area contributed by atoms with Gasteiger partial charge in [0.25, 0.3) is 0 Å². The highest BCUT2D eigenvalue weighted by Crippen LogP contribution is 2.14. The zero-order chi connectivity index (χ0) is 35.9. The van der Waals surface area contributed by atoms with Crippen LogP contribution in [0.4, 0.5) is 0 Å². The van der Waals surface area contributed by atoms with Crippen LogP contribution in [-0.2, 0) is 19.1 Å². The minimum Gasteiger partial charge on any atom is -0.462 e. The lowest BCUT2D eigenvalue weighted by Gasteiger charge is -2.18. The summed E-state index contributed by atoms with van der Waals surface area (Å²) in [4.78, 5) is 24.9. The molecule has 0 unspecified atom stereocenters. The van der Waals surface area contributed by atoms with E-state index in [1.807, 2.05) is 0 Å². The van der Waals surface area contributed by atoms with E-state index in [9.17, 15) is 9.59 Å². The smallest absolute Gasteiger partial charge is 0.306 e. The van der Waals surface area contributed by atoms with E-state index in [0.29, 0.717) is 32.2 Å². The average molecular weight is 727 g/mol. The van der Waals surface area contributed by atoms with Crippen LogP contribution >= 0.6 is 12.4 Å². The van der Waals surface area contributed by atoms with E-state index in [4.69, 9.17) is 20.6 Å². The Balaban J connectivity index is 0. The third kappa shape index (κ3) is 40.4. The maximum absolute atomic E-state index is 12.6. The molecule has 294 valence electrons.